The third-order valence-electron chi connectivity index (χ3n) is 4.29. The van der Waals surface area contributed by atoms with E-state index in [-0.39, 0.29) is 5.41 Å². The first-order valence-corrected chi connectivity index (χ1v) is 7.40. The van der Waals surface area contributed by atoms with Crippen LogP contribution in [0.5, 0.6) is 0 Å². The van der Waals surface area contributed by atoms with Crippen LogP contribution in [0.2, 0.25) is 0 Å². The van der Waals surface area contributed by atoms with Gasteiger partial charge in [-0.3, -0.25) is 0 Å². The molecular weight excluding hydrogens is 230 g/mol. The van der Waals surface area contributed by atoms with Crippen molar-refractivity contribution in [3.05, 3.63) is 42.0 Å². The van der Waals surface area contributed by atoms with Gasteiger partial charge in [-0.2, -0.15) is 0 Å². The summed E-state index contributed by atoms with van der Waals surface area (Å²) in [5.41, 5.74) is 3.25. The molecule has 100 valence electrons. The molecule has 0 saturated heterocycles. The minimum absolute atomic E-state index is 0.254. The second-order valence-electron chi connectivity index (χ2n) is 6.34. The molecule has 0 bridgehead atoms. The molecule has 0 aliphatic carbocycles. The molecule has 0 aromatic heterocycles. The molecule has 2 aromatic rings. The van der Waals surface area contributed by atoms with E-state index in [1.54, 1.807) is 5.56 Å². The van der Waals surface area contributed by atoms with E-state index < -0.39 is 0 Å². The Bertz CT molecular complexity index is 598. The number of fused-ring (bicyclic) bond motifs is 3. The van der Waals surface area contributed by atoms with E-state index in [4.69, 9.17) is 0 Å². The van der Waals surface area contributed by atoms with Crippen molar-refractivity contribution < 1.29 is 0 Å². The Labute approximate surface area is 116 Å². The summed E-state index contributed by atoms with van der Waals surface area (Å²) < 4.78 is 0. The number of anilines is 1. The van der Waals surface area contributed by atoms with E-state index in [9.17, 15) is 0 Å². The lowest BCUT2D eigenvalue weighted by molar-refractivity contribution is 0.549. The zero-order valence-electron chi connectivity index (χ0n) is 12.2. The molecular formula is C18H23N. The summed E-state index contributed by atoms with van der Waals surface area (Å²) in [7, 11) is 0. The number of hydrogen-bond donors (Lipinski definition) is 0. The predicted octanol–water partition coefficient (Wildman–Crippen LogP) is 4.74. The number of rotatable bonds is 3. The summed E-state index contributed by atoms with van der Waals surface area (Å²) >= 11 is 0. The van der Waals surface area contributed by atoms with Gasteiger partial charge in [0.1, 0.15) is 0 Å². The molecule has 1 nitrogen and oxygen atoms in total. The van der Waals surface area contributed by atoms with E-state index in [0.717, 1.165) is 6.54 Å². The molecule has 0 atom stereocenters. The number of benzene rings is 2. The Balaban J connectivity index is 2.15. The van der Waals surface area contributed by atoms with Crippen LogP contribution in [0.15, 0.2) is 36.4 Å². The van der Waals surface area contributed by atoms with Gasteiger partial charge in [0.25, 0.3) is 0 Å². The number of nitrogens with zero attached hydrogens (tertiary/aromatic N) is 1. The maximum absolute atomic E-state index is 2.57. The second kappa shape index (κ2) is 4.56. The fourth-order valence-corrected chi connectivity index (χ4v) is 3.42. The molecule has 1 aliphatic rings. The summed E-state index contributed by atoms with van der Waals surface area (Å²) in [4.78, 5) is 2.57. The second-order valence-corrected chi connectivity index (χ2v) is 6.34. The molecule has 0 amide bonds. The van der Waals surface area contributed by atoms with Crippen molar-refractivity contribution in [3.8, 4) is 0 Å². The van der Waals surface area contributed by atoms with Crippen molar-refractivity contribution in [3.63, 3.8) is 0 Å². The Morgan fingerprint density at radius 3 is 2.68 bits per heavy atom. The molecule has 0 unspecified atom stereocenters. The van der Waals surface area contributed by atoms with Crippen molar-refractivity contribution in [2.45, 2.75) is 39.0 Å². The van der Waals surface area contributed by atoms with Crippen molar-refractivity contribution in [1.29, 1.82) is 0 Å². The lowest BCUT2D eigenvalue weighted by Crippen LogP contribution is -2.29. The quantitative estimate of drug-likeness (QED) is 0.764. The maximum atomic E-state index is 2.57. The van der Waals surface area contributed by atoms with E-state index in [1.165, 1.54) is 35.8 Å². The van der Waals surface area contributed by atoms with Crippen LogP contribution in [0.4, 0.5) is 5.69 Å². The van der Waals surface area contributed by atoms with Crippen LogP contribution in [0.25, 0.3) is 10.8 Å². The fraction of sp³-hybridized carbons (Fsp3) is 0.444. The predicted molar refractivity (Wildman–Crippen MR) is 84.1 cm³/mol. The first kappa shape index (κ1) is 12.5. The third-order valence-corrected chi connectivity index (χ3v) is 4.29. The first-order valence-electron chi connectivity index (χ1n) is 7.40. The van der Waals surface area contributed by atoms with Crippen LogP contribution in [-0.2, 0) is 5.41 Å². The van der Waals surface area contributed by atoms with Crippen LogP contribution in [0.1, 0.15) is 39.2 Å². The largest absolute Gasteiger partial charge is 0.370 e. The first-order chi connectivity index (χ1) is 9.13. The summed E-state index contributed by atoms with van der Waals surface area (Å²) in [6.45, 7) is 9.36. The molecule has 1 heterocycles. The minimum Gasteiger partial charge on any atom is -0.370 e. The van der Waals surface area contributed by atoms with Crippen LogP contribution in [0.3, 0.4) is 0 Å². The van der Waals surface area contributed by atoms with E-state index in [0.29, 0.717) is 0 Å². The van der Waals surface area contributed by atoms with Gasteiger partial charge in [-0.15, -0.1) is 0 Å². The van der Waals surface area contributed by atoms with Gasteiger partial charge in [0.15, 0.2) is 0 Å². The highest BCUT2D eigenvalue weighted by Crippen LogP contribution is 2.44. The van der Waals surface area contributed by atoms with Gasteiger partial charge < -0.3 is 4.90 Å². The smallest absolute Gasteiger partial charge is 0.0411 e. The third kappa shape index (κ3) is 2.01. The van der Waals surface area contributed by atoms with Crippen LogP contribution in [0, 0.1) is 0 Å². The molecule has 1 heteroatoms. The Morgan fingerprint density at radius 1 is 1.11 bits per heavy atom. The molecule has 0 saturated carbocycles. The van der Waals surface area contributed by atoms with Crippen LogP contribution < -0.4 is 4.90 Å². The van der Waals surface area contributed by atoms with Crippen molar-refractivity contribution in [2.75, 3.05) is 18.0 Å². The van der Waals surface area contributed by atoms with Gasteiger partial charge in [0.2, 0.25) is 0 Å². The van der Waals surface area contributed by atoms with Crippen molar-refractivity contribution in [1.82, 2.24) is 0 Å². The van der Waals surface area contributed by atoms with Gasteiger partial charge in [-0.25, -0.2) is 0 Å². The lowest BCUT2D eigenvalue weighted by Gasteiger charge is -2.22. The van der Waals surface area contributed by atoms with Crippen LogP contribution in [-0.4, -0.2) is 13.1 Å². The Hall–Kier alpha value is -1.50. The monoisotopic (exact) mass is 253 g/mol. The molecule has 0 spiro atoms. The van der Waals surface area contributed by atoms with Gasteiger partial charge in [0, 0.05) is 24.2 Å². The average Bonchev–Trinajstić information content (AvgIpc) is 2.68. The highest BCUT2D eigenvalue weighted by molar-refractivity contribution is 5.92. The van der Waals surface area contributed by atoms with E-state index in [2.05, 4.69) is 62.1 Å². The van der Waals surface area contributed by atoms with Crippen LogP contribution >= 0.6 is 0 Å². The average molecular weight is 253 g/mol. The Morgan fingerprint density at radius 2 is 1.89 bits per heavy atom. The van der Waals surface area contributed by atoms with Gasteiger partial charge in [0.05, 0.1) is 0 Å². The highest BCUT2D eigenvalue weighted by atomic mass is 15.2. The number of unbranched alkanes of at least 4 members (excludes halogenated alkanes) is 1. The molecule has 1 aliphatic heterocycles. The standard InChI is InChI=1S/C18H23N/c1-4-5-12-19-13-18(2,3)17-15-9-7-6-8-14(15)10-11-16(17)19/h6-11H,4-5,12-13H2,1-3H3. The summed E-state index contributed by atoms with van der Waals surface area (Å²) in [6, 6.07) is 13.4. The SMILES string of the molecule is CCCCN1CC(C)(C)c2c1ccc1ccccc21. The minimum atomic E-state index is 0.254. The van der Waals surface area contributed by atoms with Crippen molar-refractivity contribution >= 4 is 16.5 Å². The molecule has 2 aromatic carbocycles. The summed E-state index contributed by atoms with van der Waals surface area (Å²) in [5.74, 6) is 0. The fourth-order valence-electron chi connectivity index (χ4n) is 3.42. The molecule has 0 N–H and O–H groups in total. The summed E-state index contributed by atoms with van der Waals surface area (Å²) in [6.07, 6.45) is 2.54. The van der Waals surface area contributed by atoms with Gasteiger partial charge in [-0.1, -0.05) is 57.5 Å². The molecule has 0 fully saturated rings. The van der Waals surface area contributed by atoms with Crippen molar-refractivity contribution in [2.24, 2.45) is 0 Å². The molecule has 3 rings (SSSR count). The van der Waals surface area contributed by atoms with E-state index >= 15 is 0 Å². The van der Waals surface area contributed by atoms with Gasteiger partial charge >= 0.3 is 0 Å². The lowest BCUT2D eigenvalue weighted by atomic mass is 9.84. The van der Waals surface area contributed by atoms with E-state index in [1.807, 2.05) is 0 Å². The number of hydrogen-bond acceptors (Lipinski definition) is 1. The topological polar surface area (TPSA) is 3.24 Å². The zero-order valence-corrected chi connectivity index (χ0v) is 12.2. The van der Waals surface area contributed by atoms with Gasteiger partial charge in [-0.05, 0) is 28.8 Å². The Kier molecular flexibility index (Phi) is 3.00. The summed E-state index contributed by atoms with van der Waals surface area (Å²) in [5, 5.41) is 2.80. The maximum Gasteiger partial charge on any atom is 0.0411 e. The zero-order chi connectivity index (χ0) is 13.5. The highest BCUT2D eigenvalue weighted by Gasteiger charge is 2.35. The molecule has 0 radical (unpaired) electrons. The molecule has 19 heavy (non-hydrogen) atoms. The normalized spacial score (nSPS) is 16.9.